The molecule has 9 nitrogen and oxygen atoms in total. The Balaban J connectivity index is 0.00000441. The number of hydrogen-bond donors (Lipinski definition) is 2. The van der Waals surface area contributed by atoms with Crippen molar-refractivity contribution >= 4 is 67.1 Å². The zero-order chi connectivity index (χ0) is 28.3. The van der Waals surface area contributed by atoms with Crippen molar-refractivity contribution in [2.45, 2.75) is 25.2 Å². The van der Waals surface area contributed by atoms with Crippen LogP contribution in [0.3, 0.4) is 0 Å². The van der Waals surface area contributed by atoms with E-state index in [2.05, 4.69) is 15.5 Å². The molecule has 0 bridgehead atoms. The van der Waals surface area contributed by atoms with Gasteiger partial charge in [0.2, 0.25) is 0 Å². The molecule has 0 aromatic heterocycles. The Morgan fingerprint density at radius 2 is 1.73 bits per heavy atom. The van der Waals surface area contributed by atoms with Crippen molar-refractivity contribution < 1.29 is 57.2 Å². The molecule has 0 heterocycles. The summed E-state index contributed by atoms with van der Waals surface area (Å²) in [5.74, 6) is -1.02. The molecule has 0 saturated carbocycles. The van der Waals surface area contributed by atoms with Gasteiger partial charge in [-0.3, -0.25) is 9.35 Å². The monoisotopic (exact) mass is 609 g/mol. The van der Waals surface area contributed by atoms with E-state index in [4.69, 9.17) is 27.9 Å². The number of amides is 1. The molecule has 4 rings (SSSR count). The third-order valence-electron chi connectivity index (χ3n) is 5.67. The number of anilines is 1. The Hall–Kier alpha value is -2.70. The van der Waals surface area contributed by atoms with E-state index in [1.165, 1.54) is 24.3 Å². The standard InChI is InChI=1S/C27H23Cl2N3O6S.Na/c1-3-15-9-17(28)13-23(26(15)39(35,36)37)31-32-24-21-8-6-5-7-16(21)10-22(25(24)33)27(34)30-19-11-18(29)12-20(14-19)38-4-2;/h5-14,33H,3-4H2,1-2H3,(H,30,34)(H,35,36,37);/q;+1/p-1. The van der Waals surface area contributed by atoms with Crippen LogP contribution < -0.4 is 44.7 Å². The Bertz CT molecular complexity index is 1730. The van der Waals surface area contributed by atoms with Crippen molar-refractivity contribution in [3.05, 3.63) is 81.8 Å². The van der Waals surface area contributed by atoms with E-state index in [0.29, 0.717) is 33.8 Å². The van der Waals surface area contributed by atoms with Crippen molar-refractivity contribution in [2.24, 2.45) is 10.2 Å². The number of nitrogens with zero attached hydrogens (tertiary/aromatic N) is 2. The van der Waals surface area contributed by atoms with Crippen LogP contribution in [0.4, 0.5) is 17.1 Å². The molecule has 4 aromatic carbocycles. The number of benzene rings is 4. The number of aryl methyl sites for hydroxylation is 1. The number of fused-ring (bicyclic) bond motifs is 1. The molecule has 0 saturated heterocycles. The largest absolute Gasteiger partial charge is 1.00 e. The van der Waals surface area contributed by atoms with Crippen molar-refractivity contribution in [1.82, 2.24) is 0 Å². The third-order valence-corrected chi connectivity index (χ3v) is 7.09. The van der Waals surface area contributed by atoms with Crippen LogP contribution in [0.1, 0.15) is 29.8 Å². The fourth-order valence-electron chi connectivity index (χ4n) is 4.03. The van der Waals surface area contributed by atoms with Gasteiger partial charge in [-0.05, 0) is 54.6 Å². The summed E-state index contributed by atoms with van der Waals surface area (Å²) in [6.07, 6.45) is 0.234. The van der Waals surface area contributed by atoms with E-state index in [1.807, 2.05) is 0 Å². The quantitative estimate of drug-likeness (QED) is 0.175. The minimum Gasteiger partial charge on any atom is -0.870 e. The first-order valence-electron chi connectivity index (χ1n) is 11.7. The maximum Gasteiger partial charge on any atom is 1.00 e. The zero-order valence-electron chi connectivity index (χ0n) is 21.7. The predicted molar refractivity (Wildman–Crippen MR) is 149 cm³/mol. The van der Waals surface area contributed by atoms with Gasteiger partial charge in [0.15, 0.2) is 0 Å². The van der Waals surface area contributed by atoms with Gasteiger partial charge in [-0.15, -0.1) is 5.11 Å². The van der Waals surface area contributed by atoms with Crippen LogP contribution in [0, 0.1) is 0 Å². The Morgan fingerprint density at radius 1 is 1.02 bits per heavy atom. The van der Waals surface area contributed by atoms with Gasteiger partial charge < -0.3 is 15.2 Å². The van der Waals surface area contributed by atoms with Crippen LogP contribution in [-0.2, 0) is 16.5 Å². The molecule has 0 fully saturated rings. The van der Waals surface area contributed by atoms with Crippen LogP contribution in [-0.4, -0.2) is 25.5 Å². The zero-order valence-corrected chi connectivity index (χ0v) is 26.1. The summed E-state index contributed by atoms with van der Waals surface area (Å²) in [5.41, 5.74) is -0.125. The van der Waals surface area contributed by atoms with E-state index in [1.54, 1.807) is 50.2 Å². The summed E-state index contributed by atoms with van der Waals surface area (Å²) in [7, 11) is -4.69. The average molecular weight is 610 g/mol. The molecule has 2 N–H and O–H groups in total. The number of carbonyl (C=O) groups excluding carboxylic acids is 1. The fourth-order valence-corrected chi connectivity index (χ4v) is 5.39. The SMILES string of the molecule is CCOc1cc(Cl)cc(NC(=O)c2cc3ccccc3c(N=Nc3cc(Cl)cc(CC)c3S(=O)(=O)O)c2[O-])c1.[Na+]. The maximum absolute atomic E-state index is 13.5. The first-order valence-corrected chi connectivity index (χ1v) is 13.9. The third kappa shape index (κ3) is 7.13. The van der Waals surface area contributed by atoms with E-state index >= 15 is 0 Å². The van der Waals surface area contributed by atoms with Gasteiger partial charge in [0.05, 0.1) is 12.3 Å². The Morgan fingerprint density at radius 3 is 2.40 bits per heavy atom. The molecule has 40 heavy (non-hydrogen) atoms. The molecular weight excluding hydrogens is 588 g/mol. The maximum atomic E-state index is 13.5. The molecular formula is C27H22Cl2N3NaO6S. The van der Waals surface area contributed by atoms with E-state index in [9.17, 15) is 22.9 Å². The van der Waals surface area contributed by atoms with Crippen molar-refractivity contribution in [1.29, 1.82) is 0 Å². The second-order valence-electron chi connectivity index (χ2n) is 8.33. The normalized spacial score (nSPS) is 11.4. The van der Waals surface area contributed by atoms with Crippen LogP contribution in [0.15, 0.2) is 75.8 Å². The van der Waals surface area contributed by atoms with Gasteiger partial charge >= 0.3 is 29.6 Å². The van der Waals surface area contributed by atoms with Gasteiger partial charge in [-0.2, -0.15) is 13.5 Å². The van der Waals surface area contributed by atoms with Crippen molar-refractivity contribution in [3.63, 3.8) is 0 Å². The van der Waals surface area contributed by atoms with Gasteiger partial charge in [-0.25, -0.2) is 0 Å². The molecule has 0 unspecified atom stereocenters. The number of carbonyl (C=O) groups is 1. The summed E-state index contributed by atoms with van der Waals surface area (Å²) >= 11 is 12.3. The Kier molecular flexibility index (Phi) is 10.6. The minimum absolute atomic E-state index is 0. The summed E-state index contributed by atoms with van der Waals surface area (Å²) in [6.45, 7) is 3.88. The van der Waals surface area contributed by atoms with E-state index in [0.717, 1.165) is 0 Å². The van der Waals surface area contributed by atoms with Crippen LogP contribution in [0.5, 0.6) is 11.5 Å². The summed E-state index contributed by atoms with van der Waals surface area (Å²) in [6, 6.07) is 15.4. The Labute approximate surface area is 263 Å². The van der Waals surface area contributed by atoms with E-state index < -0.39 is 26.7 Å². The van der Waals surface area contributed by atoms with Crippen molar-refractivity contribution in [2.75, 3.05) is 11.9 Å². The van der Waals surface area contributed by atoms with E-state index in [-0.39, 0.29) is 63.5 Å². The smallest absolute Gasteiger partial charge is 0.870 e. The number of halogens is 2. The molecule has 0 aliphatic heterocycles. The molecule has 202 valence electrons. The van der Waals surface area contributed by atoms with Crippen molar-refractivity contribution in [3.8, 4) is 11.5 Å². The molecule has 0 atom stereocenters. The molecule has 1 amide bonds. The molecule has 0 aliphatic carbocycles. The minimum atomic E-state index is -4.69. The number of hydrogen-bond acceptors (Lipinski definition) is 7. The van der Waals surface area contributed by atoms with Gasteiger partial charge in [0.1, 0.15) is 16.3 Å². The summed E-state index contributed by atoms with van der Waals surface area (Å²) in [5, 5.41) is 25.6. The number of azo groups is 1. The molecule has 13 heteroatoms. The average Bonchev–Trinajstić information content (AvgIpc) is 2.86. The topological polar surface area (TPSA) is 140 Å². The first kappa shape index (κ1) is 31.8. The first-order chi connectivity index (χ1) is 18.5. The molecule has 0 spiro atoms. The van der Waals surface area contributed by atoms with Gasteiger partial charge in [0, 0.05) is 32.7 Å². The van der Waals surface area contributed by atoms with Crippen LogP contribution >= 0.6 is 23.2 Å². The van der Waals surface area contributed by atoms with Gasteiger partial charge in [-0.1, -0.05) is 60.1 Å². The summed E-state index contributed by atoms with van der Waals surface area (Å²) in [4.78, 5) is 12.7. The fraction of sp³-hybridized carbons (Fsp3) is 0.148. The van der Waals surface area contributed by atoms with Crippen LogP contribution in [0.25, 0.3) is 10.8 Å². The second-order valence-corrected chi connectivity index (χ2v) is 10.6. The molecule has 0 radical (unpaired) electrons. The summed E-state index contributed by atoms with van der Waals surface area (Å²) < 4.78 is 39.5. The van der Waals surface area contributed by atoms with Gasteiger partial charge in [0.25, 0.3) is 16.0 Å². The predicted octanol–water partition coefficient (Wildman–Crippen LogP) is 4.10. The molecule has 4 aromatic rings. The molecule has 0 aliphatic rings. The number of ether oxygens (including phenoxy) is 1. The van der Waals surface area contributed by atoms with Crippen LogP contribution in [0.2, 0.25) is 10.0 Å². The number of nitrogens with one attached hydrogen (secondary N) is 1. The number of rotatable bonds is 8. The second kappa shape index (κ2) is 13.3.